The second kappa shape index (κ2) is 7.55. The van der Waals surface area contributed by atoms with E-state index in [1.165, 1.54) is 18.2 Å². The van der Waals surface area contributed by atoms with Crippen LogP contribution in [-0.2, 0) is 0 Å². The van der Waals surface area contributed by atoms with E-state index in [4.69, 9.17) is 20.7 Å². The van der Waals surface area contributed by atoms with Gasteiger partial charge in [0.25, 0.3) is 0 Å². The van der Waals surface area contributed by atoms with Gasteiger partial charge in [0.15, 0.2) is 0 Å². The van der Waals surface area contributed by atoms with Gasteiger partial charge in [-0.15, -0.1) is 0 Å². The van der Waals surface area contributed by atoms with Crippen LogP contribution in [0.2, 0.25) is 0 Å². The molecule has 0 spiro atoms. The number of hydrogen-bond donors (Lipinski definition) is 3. The average Bonchev–Trinajstić information content (AvgIpc) is 2.35. The Morgan fingerprint density at radius 1 is 1.22 bits per heavy atom. The lowest BCUT2D eigenvalue weighted by Gasteiger charge is -2.09. The van der Waals surface area contributed by atoms with Crippen molar-refractivity contribution in [2.75, 3.05) is 18.9 Å². The first-order chi connectivity index (χ1) is 8.65. The highest BCUT2D eigenvalue weighted by Gasteiger charge is 2.07. The molecule has 0 aliphatic heterocycles. The van der Waals surface area contributed by atoms with Gasteiger partial charge >= 0.3 is 5.97 Å². The molecule has 0 aliphatic rings. The second-order valence-electron chi connectivity index (χ2n) is 4.04. The molecule has 0 heterocycles. The number of anilines is 1. The van der Waals surface area contributed by atoms with E-state index in [1.54, 1.807) is 0 Å². The van der Waals surface area contributed by atoms with Crippen LogP contribution in [0.25, 0.3) is 0 Å². The SMILES string of the molecule is Nc1ccc(C(=O)O)cc1OCCCCCCO. The van der Waals surface area contributed by atoms with Crippen molar-refractivity contribution in [1.29, 1.82) is 0 Å². The van der Waals surface area contributed by atoms with Gasteiger partial charge in [0.2, 0.25) is 0 Å². The number of carboxylic acid groups (broad SMARTS) is 1. The fraction of sp³-hybridized carbons (Fsp3) is 0.462. The molecule has 0 amide bonds. The van der Waals surface area contributed by atoms with Crippen molar-refractivity contribution in [2.45, 2.75) is 25.7 Å². The van der Waals surface area contributed by atoms with Crippen molar-refractivity contribution in [3.8, 4) is 5.75 Å². The Morgan fingerprint density at radius 3 is 2.61 bits per heavy atom. The number of aliphatic hydroxyl groups is 1. The summed E-state index contributed by atoms with van der Waals surface area (Å²) in [7, 11) is 0. The standard InChI is InChI=1S/C13H19NO4/c14-11-6-5-10(13(16)17)9-12(11)18-8-4-2-1-3-7-15/h5-6,9,15H,1-4,7-8,14H2,(H,16,17). The van der Waals surface area contributed by atoms with E-state index in [1.807, 2.05) is 0 Å². The van der Waals surface area contributed by atoms with Gasteiger partial charge in [-0.3, -0.25) is 0 Å². The van der Waals surface area contributed by atoms with Gasteiger partial charge in [-0.1, -0.05) is 6.42 Å². The highest BCUT2D eigenvalue weighted by atomic mass is 16.5. The number of aliphatic hydroxyl groups excluding tert-OH is 1. The minimum absolute atomic E-state index is 0.166. The summed E-state index contributed by atoms with van der Waals surface area (Å²) in [6.45, 7) is 0.715. The predicted octanol–water partition coefficient (Wildman–Crippen LogP) is 1.90. The second-order valence-corrected chi connectivity index (χ2v) is 4.04. The van der Waals surface area contributed by atoms with Crippen LogP contribution >= 0.6 is 0 Å². The maximum Gasteiger partial charge on any atom is 0.335 e. The molecule has 0 radical (unpaired) electrons. The number of hydrogen-bond acceptors (Lipinski definition) is 4. The Kier molecular flexibility index (Phi) is 6.00. The molecule has 18 heavy (non-hydrogen) atoms. The van der Waals surface area contributed by atoms with Crippen molar-refractivity contribution in [3.05, 3.63) is 23.8 Å². The fourth-order valence-corrected chi connectivity index (χ4v) is 1.54. The number of ether oxygens (including phenoxy) is 1. The monoisotopic (exact) mass is 253 g/mol. The summed E-state index contributed by atoms with van der Waals surface area (Å²) in [6, 6.07) is 4.42. The highest BCUT2D eigenvalue weighted by molar-refractivity contribution is 5.89. The number of benzene rings is 1. The molecule has 5 nitrogen and oxygen atoms in total. The number of rotatable bonds is 8. The van der Waals surface area contributed by atoms with Gasteiger partial charge in [-0.05, 0) is 37.5 Å². The van der Waals surface area contributed by atoms with Gasteiger partial charge in [0.05, 0.1) is 17.9 Å². The van der Waals surface area contributed by atoms with Gasteiger partial charge in [0.1, 0.15) is 5.75 Å². The zero-order chi connectivity index (χ0) is 13.4. The largest absolute Gasteiger partial charge is 0.491 e. The minimum Gasteiger partial charge on any atom is -0.491 e. The van der Waals surface area contributed by atoms with Crippen molar-refractivity contribution < 1.29 is 19.7 Å². The van der Waals surface area contributed by atoms with Crippen LogP contribution in [0.3, 0.4) is 0 Å². The number of nitrogen functional groups attached to an aromatic ring is 1. The van der Waals surface area contributed by atoms with E-state index in [9.17, 15) is 4.79 Å². The van der Waals surface area contributed by atoms with Crippen LogP contribution in [0.5, 0.6) is 5.75 Å². The average molecular weight is 253 g/mol. The summed E-state index contributed by atoms with van der Waals surface area (Å²) in [4.78, 5) is 10.8. The van der Waals surface area contributed by atoms with Crippen molar-refractivity contribution in [3.63, 3.8) is 0 Å². The van der Waals surface area contributed by atoms with Gasteiger partial charge in [0, 0.05) is 6.61 Å². The molecule has 0 fully saturated rings. The molecule has 0 aromatic heterocycles. The minimum atomic E-state index is -0.997. The normalized spacial score (nSPS) is 10.3. The Hall–Kier alpha value is -1.75. The summed E-state index contributed by atoms with van der Waals surface area (Å²) in [5, 5.41) is 17.5. The van der Waals surface area contributed by atoms with Crippen molar-refractivity contribution in [1.82, 2.24) is 0 Å². The first-order valence-corrected chi connectivity index (χ1v) is 6.01. The third-order valence-corrected chi connectivity index (χ3v) is 2.57. The van der Waals surface area contributed by atoms with Crippen LogP contribution < -0.4 is 10.5 Å². The summed E-state index contributed by atoms with van der Waals surface area (Å²) < 4.78 is 5.46. The smallest absolute Gasteiger partial charge is 0.335 e. The first-order valence-electron chi connectivity index (χ1n) is 6.01. The molecule has 0 unspecified atom stereocenters. The van der Waals surface area contributed by atoms with E-state index in [0.717, 1.165) is 25.7 Å². The third kappa shape index (κ3) is 4.63. The molecule has 1 aromatic carbocycles. The Bertz CT molecular complexity index is 393. The van der Waals surface area contributed by atoms with E-state index >= 15 is 0 Å². The lowest BCUT2D eigenvalue weighted by atomic mass is 10.2. The van der Waals surface area contributed by atoms with Gasteiger partial charge < -0.3 is 20.7 Å². The van der Waals surface area contributed by atoms with Crippen LogP contribution in [0.4, 0.5) is 5.69 Å². The molecular weight excluding hydrogens is 234 g/mol. The summed E-state index contributed by atoms with van der Waals surface area (Å²) in [5.74, 6) is -0.583. The van der Waals surface area contributed by atoms with Gasteiger partial charge in [-0.25, -0.2) is 4.79 Å². The lowest BCUT2D eigenvalue weighted by Crippen LogP contribution is -2.03. The highest BCUT2D eigenvalue weighted by Crippen LogP contribution is 2.23. The Balaban J connectivity index is 2.41. The van der Waals surface area contributed by atoms with Gasteiger partial charge in [-0.2, -0.15) is 0 Å². The third-order valence-electron chi connectivity index (χ3n) is 2.57. The zero-order valence-corrected chi connectivity index (χ0v) is 10.3. The summed E-state index contributed by atoms with van der Waals surface area (Å²) in [6.07, 6.45) is 3.59. The molecule has 0 aliphatic carbocycles. The quantitative estimate of drug-likeness (QED) is 0.486. The van der Waals surface area contributed by atoms with Crippen LogP contribution in [0, 0.1) is 0 Å². The number of carboxylic acids is 1. The van der Waals surface area contributed by atoms with Crippen molar-refractivity contribution in [2.24, 2.45) is 0 Å². The number of nitrogens with two attached hydrogens (primary N) is 1. The Morgan fingerprint density at radius 2 is 1.94 bits per heavy atom. The topological polar surface area (TPSA) is 92.8 Å². The molecule has 1 aromatic rings. The lowest BCUT2D eigenvalue weighted by molar-refractivity contribution is 0.0696. The van der Waals surface area contributed by atoms with E-state index < -0.39 is 5.97 Å². The maximum atomic E-state index is 10.8. The number of carbonyl (C=O) groups is 1. The molecule has 5 heteroatoms. The molecule has 1 rings (SSSR count). The predicted molar refractivity (Wildman–Crippen MR) is 68.9 cm³/mol. The van der Waals surface area contributed by atoms with E-state index in [-0.39, 0.29) is 12.2 Å². The van der Waals surface area contributed by atoms with E-state index in [2.05, 4.69) is 0 Å². The summed E-state index contributed by atoms with van der Waals surface area (Å²) >= 11 is 0. The number of unbranched alkanes of at least 4 members (excludes halogenated alkanes) is 3. The Labute approximate surface area is 106 Å². The molecule has 0 bridgehead atoms. The summed E-state index contributed by atoms with van der Waals surface area (Å²) in [5.41, 5.74) is 6.31. The number of aromatic carboxylic acids is 1. The fourth-order valence-electron chi connectivity index (χ4n) is 1.54. The van der Waals surface area contributed by atoms with Crippen LogP contribution in [0.15, 0.2) is 18.2 Å². The molecule has 4 N–H and O–H groups in total. The molecule has 0 atom stereocenters. The van der Waals surface area contributed by atoms with Crippen LogP contribution in [-0.4, -0.2) is 29.4 Å². The van der Waals surface area contributed by atoms with E-state index in [0.29, 0.717) is 18.0 Å². The zero-order valence-electron chi connectivity index (χ0n) is 10.3. The maximum absolute atomic E-state index is 10.8. The van der Waals surface area contributed by atoms with Crippen molar-refractivity contribution >= 4 is 11.7 Å². The first kappa shape index (κ1) is 14.3. The van der Waals surface area contributed by atoms with Crippen LogP contribution in [0.1, 0.15) is 36.0 Å². The molecule has 100 valence electrons. The molecule has 0 saturated carbocycles. The molecular formula is C13H19NO4. The molecule has 0 saturated heterocycles.